The van der Waals surface area contributed by atoms with Crippen molar-refractivity contribution in [2.75, 3.05) is 13.2 Å². The van der Waals surface area contributed by atoms with Crippen LogP contribution < -0.4 is 5.73 Å². The molecule has 0 amide bonds. The lowest BCUT2D eigenvalue weighted by molar-refractivity contribution is -0.387. The lowest BCUT2D eigenvalue weighted by Gasteiger charge is -2.04. The van der Waals surface area contributed by atoms with Crippen molar-refractivity contribution in [3.8, 4) is 0 Å². The van der Waals surface area contributed by atoms with Gasteiger partial charge in [0.1, 0.15) is 0 Å². The fourth-order valence-electron chi connectivity index (χ4n) is 1.08. The summed E-state index contributed by atoms with van der Waals surface area (Å²) in [6, 6.07) is 3.98. The molecule has 0 aromatic heterocycles. The average Bonchev–Trinajstić information content (AvgIpc) is 2.20. The molecule has 0 saturated heterocycles. The molecule has 6 heteroatoms. The topological polar surface area (TPSA) is 78.4 Å². The van der Waals surface area contributed by atoms with E-state index in [0.717, 1.165) is 6.07 Å². The zero-order valence-corrected chi connectivity index (χ0v) is 7.98. The van der Waals surface area contributed by atoms with Crippen molar-refractivity contribution in [3.63, 3.8) is 0 Å². The van der Waals surface area contributed by atoms with E-state index in [1.165, 1.54) is 12.1 Å². The van der Waals surface area contributed by atoms with E-state index in [9.17, 15) is 14.5 Å². The molecule has 1 aromatic rings. The van der Waals surface area contributed by atoms with Crippen LogP contribution in [0, 0.1) is 15.9 Å². The number of nitrogens with zero attached hydrogens (tertiary/aromatic N) is 1. The first-order valence-electron chi connectivity index (χ1n) is 4.36. The molecule has 0 saturated carbocycles. The van der Waals surface area contributed by atoms with Gasteiger partial charge in [0.2, 0.25) is 5.82 Å². The van der Waals surface area contributed by atoms with Crippen LogP contribution in [0.5, 0.6) is 0 Å². The number of nitrogens with two attached hydrogens (primary N) is 1. The Morgan fingerprint density at radius 1 is 1.53 bits per heavy atom. The highest BCUT2D eigenvalue weighted by Gasteiger charge is 2.16. The van der Waals surface area contributed by atoms with Crippen molar-refractivity contribution >= 4 is 5.69 Å². The summed E-state index contributed by atoms with van der Waals surface area (Å²) in [6.45, 7) is 0.614. The highest BCUT2D eigenvalue weighted by Crippen LogP contribution is 2.20. The van der Waals surface area contributed by atoms with Crippen molar-refractivity contribution in [2.45, 2.75) is 6.61 Å². The van der Waals surface area contributed by atoms with Crippen LogP contribution in [0.1, 0.15) is 5.56 Å². The monoisotopic (exact) mass is 214 g/mol. The van der Waals surface area contributed by atoms with Gasteiger partial charge in [0, 0.05) is 18.2 Å². The molecule has 5 nitrogen and oxygen atoms in total. The Morgan fingerprint density at radius 2 is 2.27 bits per heavy atom. The van der Waals surface area contributed by atoms with Crippen LogP contribution in [-0.2, 0) is 11.3 Å². The van der Waals surface area contributed by atoms with Gasteiger partial charge in [0.25, 0.3) is 0 Å². The third-order valence-electron chi connectivity index (χ3n) is 1.77. The van der Waals surface area contributed by atoms with Gasteiger partial charge in [0.05, 0.1) is 18.1 Å². The SMILES string of the molecule is NCCOCc1cccc([N+](=O)[O-])c1F. The summed E-state index contributed by atoms with van der Waals surface area (Å²) < 4.78 is 18.4. The third-order valence-corrected chi connectivity index (χ3v) is 1.77. The van der Waals surface area contributed by atoms with E-state index in [0.29, 0.717) is 13.2 Å². The summed E-state index contributed by atoms with van der Waals surface area (Å²) in [4.78, 5) is 9.65. The molecule has 1 aromatic carbocycles. The summed E-state index contributed by atoms with van der Waals surface area (Å²) >= 11 is 0. The number of nitro benzene ring substituents is 1. The molecule has 0 atom stereocenters. The van der Waals surface area contributed by atoms with Gasteiger partial charge in [-0.2, -0.15) is 4.39 Å². The van der Waals surface area contributed by atoms with Crippen LogP contribution in [0.15, 0.2) is 18.2 Å². The number of benzene rings is 1. The highest BCUT2D eigenvalue weighted by atomic mass is 19.1. The average molecular weight is 214 g/mol. The normalized spacial score (nSPS) is 10.3. The van der Waals surface area contributed by atoms with E-state index in [4.69, 9.17) is 10.5 Å². The molecule has 1 rings (SSSR count). The number of hydrogen-bond donors (Lipinski definition) is 1. The Kier molecular flexibility index (Phi) is 4.14. The fourth-order valence-corrected chi connectivity index (χ4v) is 1.08. The molecule has 15 heavy (non-hydrogen) atoms. The van der Waals surface area contributed by atoms with Crippen LogP contribution in [0.25, 0.3) is 0 Å². The summed E-state index contributed by atoms with van der Waals surface area (Å²) in [5.74, 6) is -0.848. The van der Waals surface area contributed by atoms with E-state index < -0.39 is 16.4 Å². The molecule has 0 spiro atoms. The number of ether oxygens (including phenoxy) is 1. The molecule has 0 aliphatic heterocycles. The Labute approximate surface area is 85.8 Å². The predicted molar refractivity (Wildman–Crippen MR) is 51.8 cm³/mol. The van der Waals surface area contributed by atoms with Crippen molar-refractivity contribution in [1.82, 2.24) is 0 Å². The zero-order chi connectivity index (χ0) is 11.3. The maximum Gasteiger partial charge on any atom is 0.305 e. The largest absolute Gasteiger partial charge is 0.375 e. The first kappa shape index (κ1) is 11.5. The van der Waals surface area contributed by atoms with E-state index in [1.807, 2.05) is 0 Å². The van der Waals surface area contributed by atoms with E-state index in [1.54, 1.807) is 0 Å². The van der Waals surface area contributed by atoms with Crippen LogP contribution in [-0.4, -0.2) is 18.1 Å². The Hall–Kier alpha value is -1.53. The van der Waals surface area contributed by atoms with Gasteiger partial charge in [0.15, 0.2) is 0 Å². The molecule has 0 fully saturated rings. The lowest BCUT2D eigenvalue weighted by Crippen LogP contribution is -2.09. The Morgan fingerprint density at radius 3 is 2.87 bits per heavy atom. The van der Waals surface area contributed by atoms with E-state index >= 15 is 0 Å². The van der Waals surface area contributed by atoms with Gasteiger partial charge in [-0.25, -0.2) is 0 Å². The van der Waals surface area contributed by atoms with E-state index in [2.05, 4.69) is 0 Å². The summed E-state index contributed by atoms with van der Waals surface area (Å²) in [5.41, 5.74) is 4.81. The second-order valence-corrected chi connectivity index (χ2v) is 2.85. The van der Waals surface area contributed by atoms with Gasteiger partial charge in [-0.1, -0.05) is 12.1 Å². The Bertz CT molecular complexity index is 357. The highest BCUT2D eigenvalue weighted by molar-refractivity contribution is 5.36. The number of halogens is 1. The Balaban J connectivity index is 2.80. The minimum absolute atomic E-state index is 0.00921. The van der Waals surface area contributed by atoms with Crippen molar-refractivity contribution in [2.24, 2.45) is 5.73 Å². The van der Waals surface area contributed by atoms with Crippen molar-refractivity contribution in [1.29, 1.82) is 0 Å². The zero-order valence-electron chi connectivity index (χ0n) is 7.98. The van der Waals surface area contributed by atoms with Gasteiger partial charge >= 0.3 is 5.69 Å². The van der Waals surface area contributed by atoms with Crippen molar-refractivity contribution < 1.29 is 14.1 Å². The molecule has 0 bridgehead atoms. The summed E-state index contributed by atoms with van der Waals surface area (Å²) in [7, 11) is 0. The molecule has 0 aliphatic carbocycles. The van der Waals surface area contributed by atoms with Gasteiger partial charge in [-0.15, -0.1) is 0 Å². The van der Waals surface area contributed by atoms with Gasteiger partial charge in [-0.05, 0) is 0 Å². The summed E-state index contributed by atoms with van der Waals surface area (Å²) in [6.07, 6.45) is 0. The molecule has 0 aliphatic rings. The summed E-state index contributed by atoms with van der Waals surface area (Å²) in [5, 5.41) is 10.4. The van der Waals surface area contributed by atoms with Gasteiger partial charge in [-0.3, -0.25) is 10.1 Å². The lowest BCUT2D eigenvalue weighted by atomic mass is 10.2. The number of hydrogen-bond acceptors (Lipinski definition) is 4. The van der Waals surface area contributed by atoms with Crippen LogP contribution >= 0.6 is 0 Å². The standard InChI is InChI=1S/C9H11FN2O3/c10-9-7(6-15-5-4-11)2-1-3-8(9)12(13)14/h1-3H,4-6,11H2. The predicted octanol–water partition coefficient (Wildman–Crippen LogP) is 1.21. The smallest absolute Gasteiger partial charge is 0.305 e. The molecule has 82 valence electrons. The minimum Gasteiger partial charge on any atom is -0.375 e. The minimum atomic E-state index is -0.848. The second-order valence-electron chi connectivity index (χ2n) is 2.85. The molecule has 2 N–H and O–H groups in total. The molecular weight excluding hydrogens is 203 g/mol. The number of rotatable bonds is 5. The first-order chi connectivity index (χ1) is 7.16. The maximum atomic E-state index is 13.4. The second kappa shape index (κ2) is 5.38. The fraction of sp³-hybridized carbons (Fsp3) is 0.333. The van der Waals surface area contributed by atoms with Crippen molar-refractivity contribution in [3.05, 3.63) is 39.7 Å². The van der Waals surface area contributed by atoms with Crippen LogP contribution in [0.4, 0.5) is 10.1 Å². The molecular formula is C9H11FN2O3. The third kappa shape index (κ3) is 2.97. The van der Waals surface area contributed by atoms with Crippen LogP contribution in [0.2, 0.25) is 0 Å². The first-order valence-corrected chi connectivity index (χ1v) is 4.36. The molecule has 0 radical (unpaired) electrons. The number of nitro groups is 1. The molecule has 0 unspecified atom stereocenters. The van der Waals surface area contributed by atoms with Gasteiger partial charge < -0.3 is 10.5 Å². The maximum absolute atomic E-state index is 13.4. The van der Waals surface area contributed by atoms with Crippen LogP contribution in [0.3, 0.4) is 0 Å². The van der Waals surface area contributed by atoms with E-state index in [-0.39, 0.29) is 12.2 Å². The quantitative estimate of drug-likeness (QED) is 0.454. The molecule has 0 heterocycles.